The van der Waals surface area contributed by atoms with E-state index in [-0.39, 0.29) is 17.5 Å². The standard InChI is InChI=1S/C24H22N4O2S2/c1-4-12-25-20-18(22(29)27-13-8-9-15(2)21(27)26-20)14-19-23(30)28(24(31)32-19)16(3)17-10-6-5-7-11-17/h4-11,13-14,16,25H,1,12H2,2-3H3. The van der Waals surface area contributed by atoms with Crippen molar-refractivity contribution in [2.45, 2.75) is 19.9 Å². The zero-order chi connectivity index (χ0) is 22.8. The van der Waals surface area contributed by atoms with Crippen LogP contribution in [-0.2, 0) is 4.79 Å². The predicted octanol–water partition coefficient (Wildman–Crippen LogP) is 4.56. The van der Waals surface area contributed by atoms with E-state index >= 15 is 0 Å². The van der Waals surface area contributed by atoms with Crippen LogP contribution in [0.3, 0.4) is 0 Å². The average Bonchev–Trinajstić information content (AvgIpc) is 3.08. The van der Waals surface area contributed by atoms with Gasteiger partial charge in [-0.2, -0.15) is 0 Å². The number of anilines is 1. The van der Waals surface area contributed by atoms with Crippen LogP contribution in [0.4, 0.5) is 5.82 Å². The normalized spacial score (nSPS) is 16.1. The molecule has 1 saturated heterocycles. The minimum Gasteiger partial charge on any atom is -0.366 e. The van der Waals surface area contributed by atoms with Crippen LogP contribution in [0.15, 0.2) is 71.0 Å². The topological polar surface area (TPSA) is 66.7 Å². The first kappa shape index (κ1) is 22.0. The van der Waals surface area contributed by atoms with E-state index in [9.17, 15) is 9.59 Å². The Hall–Kier alpha value is -3.23. The van der Waals surface area contributed by atoms with Gasteiger partial charge in [0.25, 0.3) is 11.5 Å². The molecule has 1 aromatic carbocycles. The Kier molecular flexibility index (Phi) is 6.25. The van der Waals surface area contributed by atoms with Crippen LogP contribution in [-0.4, -0.2) is 31.1 Å². The van der Waals surface area contributed by atoms with Crippen molar-refractivity contribution in [3.63, 3.8) is 0 Å². The first-order chi connectivity index (χ1) is 15.4. The molecule has 2 aromatic heterocycles. The van der Waals surface area contributed by atoms with Gasteiger partial charge in [-0.1, -0.05) is 66.5 Å². The molecule has 0 radical (unpaired) electrons. The lowest BCUT2D eigenvalue weighted by Crippen LogP contribution is -2.31. The van der Waals surface area contributed by atoms with Gasteiger partial charge in [-0.15, -0.1) is 6.58 Å². The highest BCUT2D eigenvalue weighted by molar-refractivity contribution is 8.26. The van der Waals surface area contributed by atoms with Gasteiger partial charge in [0.15, 0.2) is 0 Å². The second-order valence-electron chi connectivity index (χ2n) is 7.37. The van der Waals surface area contributed by atoms with Gasteiger partial charge >= 0.3 is 0 Å². The molecule has 0 saturated carbocycles. The van der Waals surface area contributed by atoms with Crippen LogP contribution < -0.4 is 10.9 Å². The van der Waals surface area contributed by atoms with Gasteiger partial charge < -0.3 is 5.32 Å². The monoisotopic (exact) mass is 462 g/mol. The number of amides is 1. The number of thioether (sulfide) groups is 1. The summed E-state index contributed by atoms with van der Waals surface area (Å²) in [4.78, 5) is 33.2. The summed E-state index contributed by atoms with van der Waals surface area (Å²) in [7, 11) is 0. The fraction of sp³-hybridized carbons (Fsp3) is 0.167. The molecule has 1 unspecified atom stereocenters. The molecule has 0 bridgehead atoms. The van der Waals surface area contributed by atoms with Gasteiger partial charge in [0, 0.05) is 12.7 Å². The van der Waals surface area contributed by atoms with E-state index in [2.05, 4.69) is 16.9 Å². The van der Waals surface area contributed by atoms with E-state index in [1.807, 2.05) is 50.2 Å². The van der Waals surface area contributed by atoms with Crippen molar-refractivity contribution >= 4 is 51.7 Å². The SMILES string of the molecule is C=CCNc1nc2c(C)cccn2c(=O)c1C=C1SC(=S)N(C(C)c2ccccc2)C1=O. The third-order valence-electron chi connectivity index (χ3n) is 5.27. The zero-order valence-electron chi connectivity index (χ0n) is 17.7. The van der Waals surface area contributed by atoms with E-state index in [1.54, 1.807) is 29.3 Å². The van der Waals surface area contributed by atoms with Crippen LogP contribution in [0.5, 0.6) is 0 Å². The first-order valence-corrected chi connectivity index (χ1v) is 11.3. The highest BCUT2D eigenvalue weighted by Crippen LogP contribution is 2.38. The number of nitrogens with one attached hydrogen (secondary N) is 1. The summed E-state index contributed by atoms with van der Waals surface area (Å²) in [6.45, 7) is 7.99. The molecule has 162 valence electrons. The van der Waals surface area contributed by atoms with Crippen molar-refractivity contribution in [1.29, 1.82) is 0 Å². The number of hydrogen-bond acceptors (Lipinski definition) is 6. The Bertz CT molecular complexity index is 1310. The summed E-state index contributed by atoms with van der Waals surface area (Å²) < 4.78 is 1.95. The summed E-state index contributed by atoms with van der Waals surface area (Å²) in [5.74, 6) is 0.185. The summed E-state index contributed by atoms with van der Waals surface area (Å²) in [5.41, 5.74) is 2.48. The maximum Gasteiger partial charge on any atom is 0.267 e. The number of benzene rings is 1. The van der Waals surface area contributed by atoms with Crippen molar-refractivity contribution in [3.8, 4) is 0 Å². The number of fused-ring (bicyclic) bond motifs is 1. The molecular weight excluding hydrogens is 440 g/mol. The minimum absolute atomic E-state index is 0.216. The molecule has 1 amide bonds. The van der Waals surface area contributed by atoms with Crippen molar-refractivity contribution in [2.75, 3.05) is 11.9 Å². The van der Waals surface area contributed by atoms with Crippen LogP contribution in [0.25, 0.3) is 11.7 Å². The highest BCUT2D eigenvalue weighted by Gasteiger charge is 2.36. The Balaban J connectivity index is 1.79. The Morgan fingerprint density at radius 1 is 1.22 bits per heavy atom. The largest absolute Gasteiger partial charge is 0.366 e. The second-order valence-corrected chi connectivity index (χ2v) is 9.05. The lowest BCUT2D eigenvalue weighted by molar-refractivity contribution is -0.123. The van der Waals surface area contributed by atoms with E-state index in [0.29, 0.717) is 32.8 Å². The molecule has 0 aliphatic carbocycles. The van der Waals surface area contributed by atoms with Gasteiger partial charge in [0.1, 0.15) is 15.8 Å². The molecule has 3 heterocycles. The van der Waals surface area contributed by atoms with E-state index in [1.165, 1.54) is 16.2 Å². The molecule has 6 nitrogen and oxygen atoms in total. The number of pyridine rings is 1. The summed E-state index contributed by atoms with van der Waals surface area (Å²) in [6.07, 6.45) is 4.95. The molecule has 1 atom stereocenters. The van der Waals surface area contributed by atoms with Gasteiger partial charge in [-0.25, -0.2) is 4.98 Å². The molecule has 1 N–H and O–H groups in total. The van der Waals surface area contributed by atoms with Crippen LogP contribution in [0, 0.1) is 6.92 Å². The number of aromatic nitrogens is 2. The minimum atomic E-state index is -0.258. The Morgan fingerprint density at radius 3 is 2.69 bits per heavy atom. The summed E-state index contributed by atoms with van der Waals surface area (Å²) >= 11 is 6.71. The zero-order valence-corrected chi connectivity index (χ0v) is 19.4. The number of nitrogens with zero attached hydrogens (tertiary/aromatic N) is 3. The molecule has 4 rings (SSSR count). The molecule has 1 aliphatic heterocycles. The van der Waals surface area contributed by atoms with Gasteiger partial charge in [0.05, 0.1) is 16.5 Å². The predicted molar refractivity (Wildman–Crippen MR) is 135 cm³/mol. The summed E-state index contributed by atoms with van der Waals surface area (Å²) in [6, 6.07) is 13.2. The van der Waals surface area contributed by atoms with Gasteiger partial charge in [-0.3, -0.25) is 18.9 Å². The lowest BCUT2D eigenvalue weighted by Gasteiger charge is -2.23. The Labute approximate surface area is 195 Å². The van der Waals surface area contributed by atoms with Crippen molar-refractivity contribution in [1.82, 2.24) is 14.3 Å². The molecule has 3 aromatic rings. The molecule has 1 fully saturated rings. The van der Waals surface area contributed by atoms with E-state index in [4.69, 9.17) is 12.2 Å². The van der Waals surface area contributed by atoms with E-state index in [0.717, 1.165) is 11.1 Å². The van der Waals surface area contributed by atoms with Gasteiger partial charge in [-0.05, 0) is 37.1 Å². The number of thiocarbonyl (C=S) groups is 1. The lowest BCUT2D eigenvalue weighted by atomic mass is 10.1. The van der Waals surface area contributed by atoms with Gasteiger partial charge in [0.2, 0.25) is 0 Å². The number of carbonyl (C=O) groups excluding carboxylic acids is 1. The third kappa shape index (κ3) is 3.99. The van der Waals surface area contributed by atoms with Crippen LogP contribution in [0.1, 0.15) is 29.7 Å². The average molecular weight is 463 g/mol. The number of hydrogen-bond donors (Lipinski definition) is 1. The maximum atomic E-state index is 13.3. The van der Waals surface area contributed by atoms with Crippen LogP contribution >= 0.6 is 24.0 Å². The molecule has 0 spiro atoms. The molecule has 32 heavy (non-hydrogen) atoms. The molecular formula is C24H22N4O2S2. The first-order valence-electron chi connectivity index (χ1n) is 10.1. The smallest absolute Gasteiger partial charge is 0.267 e. The van der Waals surface area contributed by atoms with Crippen molar-refractivity contribution in [2.24, 2.45) is 0 Å². The van der Waals surface area contributed by atoms with Crippen molar-refractivity contribution in [3.05, 3.63) is 93.3 Å². The van der Waals surface area contributed by atoms with Crippen molar-refractivity contribution < 1.29 is 4.79 Å². The second kappa shape index (κ2) is 9.10. The Morgan fingerprint density at radius 2 is 1.97 bits per heavy atom. The number of carbonyl (C=O) groups is 1. The van der Waals surface area contributed by atoms with E-state index < -0.39 is 0 Å². The fourth-order valence-electron chi connectivity index (χ4n) is 3.57. The molecule has 8 heteroatoms. The number of aryl methyl sites for hydroxylation is 1. The summed E-state index contributed by atoms with van der Waals surface area (Å²) in [5, 5.41) is 3.13. The fourth-order valence-corrected chi connectivity index (χ4v) is 4.97. The maximum absolute atomic E-state index is 13.3. The van der Waals surface area contributed by atoms with Crippen LogP contribution in [0.2, 0.25) is 0 Å². The molecule has 1 aliphatic rings. The third-order valence-corrected chi connectivity index (χ3v) is 6.60. The quantitative estimate of drug-likeness (QED) is 0.329. The highest BCUT2D eigenvalue weighted by atomic mass is 32.2. The number of rotatable bonds is 6.